The number of carbonyl (C=O) groups excluding carboxylic acids is 2. The number of anilines is 2. The highest BCUT2D eigenvalue weighted by Crippen LogP contribution is 2.31. The third-order valence-corrected chi connectivity index (χ3v) is 5.91. The molecular formula is C23H27N5O4. The van der Waals surface area contributed by atoms with E-state index >= 15 is 0 Å². The fraction of sp³-hybridized carbons (Fsp3) is 0.391. The van der Waals surface area contributed by atoms with Gasteiger partial charge in [-0.05, 0) is 55.5 Å². The van der Waals surface area contributed by atoms with Crippen LogP contribution < -0.4 is 15.5 Å². The second-order valence-electron chi connectivity index (χ2n) is 8.16. The lowest BCUT2D eigenvalue weighted by atomic mass is 10.1. The number of nitro benzene ring substituents is 1. The summed E-state index contributed by atoms with van der Waals surface area (Å²) >= 11 is 0. The monoisotopic (exact) mass is 437 g/mol. The fourth-order valence-electron chi connectivity index (χ4n) is 4.20. The van der Waals surface area contributed by atoms with E-state index in [1.54, 1.807) is 23.1 Å². The van der Waals surface area contributed by atoms with Crippen molar-refractivity contribution < 1.29 is 14.5 Å². The third-order valence-electron chi connectivity index (χ3n) is 5.91. The minimum absolute atomic E-state index is 0.0498. The van der Waals surface area contributed by atoms with E-state index in [0.717, 1.165) is 57.4 Å². The first-order valence-corrected chi connectivity index (χ1v) is 11.0. The Hall–Kier alpha value is -3.62. The molecule has 9 nitrogen and oxygen atoms in total. The summed E-state index contributed by atoms with van der Waals surface area (Å²) < 4.78 is 0. The number of nitro groups is 1. The van der Waals surface area contributed by atoms with E-state index in [-0.39, 0.29) is 29.7 Å². The lowest BCUT2D eigenvalue weighted by molar-refractivity contribution is -0.384. The zero-order chi connectivity index (χ0) is 22.5. The Morgan fingerprint density at radius 1 is 0.969 bits per heavy atom. The number of carbonyl (C=O) groups is 2. The summed E-state index contributed by atoms with van der Waals surface area (Å²) in [4.78, 5) is 39.8. The predicted octanol–water partition coefficient (Wildman–Crippen LogP) is 3.75. The summed E-state index contributed by atoms with van der Waals surface area (Å²) in [7, 11) is 0. The average molecular weight is 438 g/mol. The Kier molecular flexibility index (Phi) is 6.53. The van der Waals surface area contributed by atoms with Crippen LogP contribution in [0, 0.1) is 10.1 Å². The van der Waals surface area contributed by atoms with Crippen LogP contribution >= 0.6 is 0 Å². The summed E-state index contributed by atoms with van der Waals surface area (Å²) in [6.07, 6.45) is 4.07. The molecule has 3 amide bonds. The Morgan fingerprint density at radius 2 is 1.69 bits per heavy atom. The van der Waals surface area contributed by atoms with Gasteiger partial charge in [-0.2, -0.15) is 0 Å². The number of amides is 3. The molecule has 2 aromatic rings. The van der Waals surface area contributed by atoms with Crippen LogP contribution in [0.3, 0.4) is 0 Å². The first-order valence-electron chi connectivity index (χ1n) is 11.0. The summed E-state index contributed by atoms with van der Waals surface area (Å²) in [5.74, 6) is -0.382. The van der Waals surface area contributed by atoms with Gasteiger partial charge in [0, 0.05) is 50.0 Å². The Morgan fingerprint density at radius 3 is 2.41 bits per heavy atom. The molecule has 0 radical (unpaired) electrons. The van der Waals surface area contributed by atoms with Crippen LogP contribution in [0.2, 0.25) is 0 Å². The highest BCUT2D eigenvalue weighted by molar-refractivity contribution is 5.95. The first-order chi connectivity index (χ1) is 15.5. The topological polar surface area (TPSA) is 108 Å². The van der Waals surface area contributed by atoms with Crippen molar-refractivity contribution in [3.63, 3.8) is 0 Å². The number of nitrogens with one attached hydrogen (secondary N) is 2. The predicted molar refractivity (Wildman–Crippen MR) is 122 cm³/mol. The molecule has 2 aliphatic rings. The van der Waals surface area contributed by atoms with Gasteiger partial charge in [0.15, 0.2) is 0 Å². The summed E-state index contributed by atoms with van der Waals surface area (Å²) in [5.41, 5.74) is 2.25. The van der Waals surface area contributed by atoms with Crippen molar-refractivity contribution in [2.24, 2.45) is 0 Å². The van der Waals surface area contributed by atoms with Gasteiger partial charge in [-0.1, -0.05) is 12.1 Å². The highest BCUT2D eigenvalue weighted by atomic mass is 16.6. The zero-order valence-corrected chi connectivity index (χ0v) is 17.9. The molecule has 0 aliphatic carbocycles. The molecule has 0 bridgehead atoms. The van der Waals surface area contributed by atoms with E-state index in [0.29, 0.717) is 11.4 Å². The summed E-state index contributed by atoms with van der Waals surface area (Å²) in [6, 6.07) is 11.8. The van der Waals surface area contributed by atoms with Gasteiger partial charge >= 0.3 is 6.03 Å². The maximum atomic E-state index is 12.6. The van der Waals surface area contributed by atoms with Crippen LogP contribution in [0.15, 0.2) is 42.5 Å². The lowest BCUT2D eigenvalue weighted by Gasteiger charge is -2.18. The van der Waals surface area contributed by atoms with Crippen molar-refractivity contribution in [2.45, 2.75) is 32.2 Å². The molecule has 9 heteroatoms. The van der Waals surface area contributed by atoms with Crippen molar-refractivity contribution in [3.8, 4) is 0 Å². The number of rotatable bonds is 6. The van der Waals surface area contributed by atoms with Gasteiger partial charge in [-0.3, -0.25) is 14.9 Å². The van der Waals surface area contributed by atoms with Gasteiger partial charge in [-0.15, -0.1) is 0 Å². The second kappa shape index (κ2) is 9.67. The average Bonchev–Trinajstić information content (AvgIpc) is 3.52. The van der Waals surface area contributed by atoms with Crippen molar-refractivity contribution >= 4 is 29.0 Å². The van der Waals surface area contributed by atoms with Gasteiger partial charge in [0.1, 0.15) is 5.69 Å². The molecule has 0 aromatic heterocycles. The molecule has 2 heterocycles. The molecule has 32 heavy (non-hydrogen) atoms. The van der Waals surface area contributed by atoms with Crippen LogP contribution in [0.1, 0.15) is 41.6 Å². The van der Waals surface area contributed by atoms with Gasteiger partial charge in [0.05, 0.1) is 4.92 Å². The van der Waals surface area contributed by atoms with Crippen LogP contribution in [-0.4, -0.2) is 47.9 Å². The SMILES string of the molecule is O=C(NCc1cccc(NC(=O)N2CCCC2)c1)c1ccc(N2CCCC2)c([N+](=O)[O-])c1. The molecule has 0 unspecified atom stereocenters. The van der Waals surface area contributed by atoms with E-state index < -0.39 is 4.92 Å². The van der Waals surface area contributed by atoms with Crippen molar-refractivity contribution in [2.75, 3.05) is 36.4 Å². The molecule has 2 fully saturated rings. The third kappa shape index (κ3) is 4.99. The molecule has 4 rings (SSSR count). The van der Waals surface area contributed by atoms with Crippen molar-refractivity contribution in [3.05, 3.63) is 63.7 Å². The molecular weight excluding hydrogens is 410 g/mol. The molecule has 0 atom stereocenters. The number of benzene rings is 2. The Balaban J connectivity index is 1.39. The van der Waals surface area contributed by atoms with Gasteiger partial charge < -0.3 is 20.4 Å². The molecule has 2 aromatic carbocycles. The highest BCUT2D eigenvalue weighted by Gasteiger charge is 2.24. The molecule has 0 saturated carbocycles. The van der Waals surface area contributed by atoms with Gasteiger partial charge in [0.2, 0.25) is 0 Å². The number of nitrogens with zero attached hydrogens (tertiary/aromatic N) is 3. The van der Waals surface area contributed by atoms with E-state index in [1.807, 2.05) is 23.1 Å². The van der Waals surface area contributed by atoms with E-state index in [2.05, 4.69) is 10.6 Å². The minimum atomic E-state index is -0.434. The normalized spacial score (nSPS) is 15.6. The van der Waals surface area contributed by atoms with Crippen LogP contribution in [0.4, 0.5) is 21.9 Å². The second-order valence-corrected chi connectivity index (χ2v) is 8.16. The molecule has 0 spiro atoms. The Labute approximate surface area is 186 Å². The molecule has 2 N–H and O–H groups in total. The van der Waals surface area contributed by atoms with Crippen molar-refractivity contribution in [1.82, 2.24) is 10.2 Å². The quantitative estimate of drug-likeness (QED) is 0.529. The lowest BCUT2D eigenvalue weighted by Crippen LogP contribution is -2.32. The molecule has 2 saturated heterocycles. The number of hydrogen-bond donors (Lipinski definition) is 2. The number of hydrogen-bond acceptors (Lipinski definition) is 5. The minimum Gasteiger partial charge on any atom is -0.366 e. The van der Waals surface area contributed by atoms with E-state index in [4.69, 9.17) is 0 Å². The van der Waals surface area contributed by atoms with E-state index in [1.165, 1.54) is 6.07 Å². The summed E-state index contributed by atoms with van der Waals surface area (Å²) in [6.45, 7) is 3.36. The maximum absolute atomic E-state index is 12.6. The van der Waals surface area contributed by atoms with Crippen LogP contribution in [0.25, 0.3) is 0 Å². The summed E-state index contributed by atoms with van der Waals surface area (Å²) in [5, 5.41) is 17.3. The molecule has 2 aliphatic heterocycles. The van der Waals surface area contributed by atoms with E-state index in [9.17, 15) is 19.7 Å². The van der Waals surface area contributed by atoms with Crippen molar-refractivity contribution in [1.29, 1.82) is 0 Å². The Bertz CT molecular complexity index is 1010. The number of urea groups is 1. The van der Waals surface area contributed by atoms with Gasteiger partial charge in [-0.25, -0.2) is 4.79 Å². The fourth-order valence-corrected chi connectivity index (χ4v) is 4.20. The van der Waals surface area contributed by atoms with Crippen LogP contribution in [-0.2, 0) is 6.54 Å². The largest absolute Gasteiger partial charge is 0.366 e. The number of likely N-dealkylation sites (tertiary alicyclic amines) is 1. The standard InChI is InChI=1S/C23H27N5O4/c29-22(18-8-9-20(21(15-18)28(31)32)26-10-1-2-11-26)24-16-17-6-5-7-19(14-17)25-23(30)27-12-3-4-13-27/h5-9,14-15H,1-4,10-13,16H2,(H,24,29)(H,25,30). The van der Waals surface area contributed by atoms with Crippen LogP contribution in [0.5, 0.6) is 0 Å². The first kappa shape index (κ1) is 21.6. The molecule has 168 valence electrons. The maximum Gasteiger partial charge on any atom is 0.321 e. The van der Waals surface area contributed by atoms with Gasteiger partial charge in [0.25, 0.3) is 11.6 Å². The zero-order valence-electron chi connectivity index (χ0n) is 17.9. The smallest absolute Gasteiger partial charge is 0.321 e.